The second-order valence-electron chi connectivity index (χ2n) is 7.04. The minimum absolute atomic E-state index is 0.0220. The highest BCUT2D eigenvalue weighted by atomic mass is 16.5. The molecule has 0 atom stereocenters. The minimum Gasteiger partial charge on any atom is -0.493 e. The number of anilines is 1. The number of rotatable bonds is 10. The molecule has 0 aliphatic rings. The molecule has 0 aliphatic heterocycles. The van der Waals surface area contributed by atoms with Gasteiger partial charge in [0.05, 0.1) is 20.3 Å². The van der Waals surface area contributed by atoms with E-state index in [-0.39, 0.29) is 12.6 Å². The van der Waals surface area contributed by atoms with Gasteiger partial charge in [0.25, 0.3) is 0 Å². The van der Waals surface area contributed by atoms with E-state index in [4.69, 9.17) is 9.47 Å². The number of nitrogens with one attached hydrogen (secondary N) is 2. The van der Waals surface area contributed by atoms with Gasteiger partial charge in [-0.15, -0.1) is 0 Å². The van der Waals surface area contributed by atoms with Crippen LogP contribution in [0.2, 0.25) is 0 Å². The first-order valence-corrected chi connectivity index (χ1v) is 9.56. The molecule has 6 heteroatoms. The lowest BCUT2D eigenvalue weighted by molar-refractivity contribution is 0.251. The van der Waals surface area contributed by atoms with E-state index >= 15 is 0 Å². The molecule has 0 heterocycles. The number of hydrogen-bond acceptors (Lipinski definition) is 4. The van der Waals surface area contributed by atoms with Crippen molar-refractivity contribution in [1.29, 1.82) is 0 Å². The van der Waals surface area contributed by atoms with Crippen molar-refractivity contribution in [2.24, 2.45) is 5.92 Å². The normalized spacial score (nSPS) is 10.6. The third kappa shape index (κ3) is 7.12. The molecule has 3 N–H and O–H groups in total. The Balaban J connectivity index is 1.91. The zero-order valence-corrected chi connectivity index (χ0v) is 16.8. The summed E-state index contributed by atoms with van der Waals surface area (Å²) in [6, 6.07) is 12.4. The molecule has 0 unspecified atom stereocenters. The van der Waals surface area contributed by atoms with Gasteiger partial charge in [-0.3, -0.25) is 0 Å². The molecule has 2 aromatic rings. The number of benzene rings is 2. The van der Waals surface area contributed by atoms with Crippen molar-refractivity contribution in [1.82, 2.24) is 5.32 Å². The van der Waals surface area contributed by atoms with E-state index in [0.717, 1.165) is 24.0 Å². The Morgan fingerprint density at radius 3 is 2.61 bits per heavy atom. The number of methoxy groups -OCH3 is 1. The number of carbonyl (C=O) groups is 1. The molecule has 0 bridgehead atoms. The number of aliphatic hydroxyl groups is 1. The van der Waals surface area contributed by atoms with Crippen LogP contribution >= 0.6 is 0 Å². The first-order chi connectivity index (χ1) is 13.5. The van der Waals surface area contributed by atoms with Gasteiger partial charge >= 0.3 is 6.03 Å². The second-order valence-corrected chi connectivity index (χ2v) is 7.04. The Hall–Kier alpha value is -2.73. The number of carbonyl (C=O) groups excluding carboxylic acids is 1. The van der Waals surface area contributed by atoms with Crippen LogP contribution in [-0.4, -0.2) is 24.9 Å². The largest absolute Gasteiger partial charge is 0.493 e. The minimum atomic E-state index is -0.315. The van der Waals surface area contributed by atoms with Gasteiger partial charge < -0.3 is 25.2 Å². The van der Waals surface area contributed by atoms with E-state index < -0.39 is 0 Å². The van der Waals surface area contributed by atoms with Gasteiger partial charge in [-0.05, 0) is 42.0 Å². The van der Waals surface area contributed by atoms with Crippen molar-refractivity contribution < 1.29 is 19.4 Å². The van der Waals surface area contributed by atoms with Crippen LogP contribution in [0.1, 0.15) is 37.8 Å². The lowest BCUT2D eigenvalue weighted by atomic mass is 10.1. The summed E-state index contributed by atoms with van der Waals surface area (Å²) < 4.78 is 11.2. The predicted molar refractivity (Wildman–Crippen MR) is 111 cm³/mol. The first-order valence-electron chi connectivity index (χ1n) is 9.56. The summed E-state index contributed by atoms with van der Waals surface area (Å²) in [6.45, 7) is 5.32. The average Bonchev–Trinajstić information content (AvgIpc) is 2.70. The quantitative estimate of drug-likeness (QED) is 0.531. The SMILES string of the molecule is COc1ccc(NC(=O)NCc2cccc(CO)c2)cc1OCCCC(C)C. The molecule has 152 valence electrons. The molecule has 0 saturated heterocycles. The van der Waals surface area contributed by atoms with Crippen molar-refractivity contribution in [2.75, 3.05) is 19.0 Å². The molecule has 2 aromatic carbocycles. The number of hydrogen-bond donors (Lipinski definition) is 3. The molecule has 0 aromatic heterocycles. The van der Waals surface area contributed by atoms with Crippen LogP contribution in [0.4, 0.5) is 10.5 Å². The van der Waals surface area contributed by atoms with Gasteiger partial charge in [-0.1, -0.05) is 38.1 Å². The monoisotopic (exact) mass is 386 g/mol. The zero-order valence-electron chi connectivity index (χ0n) is 16.8. The molecular formula is C22H30N2O4. The van der Waals surface area contributed by atoms with Gasteiger partial charge in [0.1, 0.15) is 0 Å². The molecule has 6 nitrogen and oxygen atoms in total. The fourth-order valence-electron chi connectivity index (χ4n) is 2.74. The maximum absolute atomic E-state index is 12.2. The van der Waals surface area contributed by atoms with Gasteiger partial charge in [-0.2, -0.15) is 0 Å². The number of aliphatic hydroxyl groups excluding tert-OH is 1. The van der Waals surface area contributed by atoms with Crippen LogP contribution in [0.5, 0.6) is 11.5 Å². The Kier molecular flexibility index (Phi) is 8.62. The van der Waals surface area contributed by atoms with Crippen LogP contribution in [0.25, 0.3) is 0 Å². The van der Waals surface area contributed by atoms with E-state index in [1.807, 2.05) is 24.3 Å². The van der Waals surface area contributed by atoms with E-state index in [1.54, 1.807) is 25.3 Å². The van der Waals surface area contributed by atoms with Gasteiger partial charge in [0.15, 0.2) is 11.5 Å². The van der Waals surface area contributed by atoms with Crippen LogP contribution in [0.3, 0.4) is 0 Å². The Labute approximate surface area is 166 Å². The van der Waals surface area contributed by atoms with Crippen molar-refractivity contribution in [2.45, 2.75) is 39.8 Å². The van der Waals surface area contributed by atoms with Gasteiger partial charge in [0.2, 0.25) is 0 Å². The second kappa shape index (κ2) is 11.2. The molecule has 28 heavy (non-hydrogen) atoms. The molecule has 0 fully saturated rings. The highest BCUT2D eigenvalue weighted by molar-refractivity contribution is 5.89. The van der Waals surface area contributed by atoms with Gasteiger partial charge in [0, 0.05) is 18.3 Å². The third-order valence-electron chi connectivity index (χ3n) is 4.23. The summed E-state index contributed by atoms with van der Waals surface area (Å²) >= 11 is 0. The highest BCUT2D eigenvalue weighted by Gasteiger charge is 2.09. The van der Waals surface area contributed by atoms with Crippen molar-refractivity contribution in [3.8, 4) is 11.5 Å². The summed E-state index contributed by atoms with van der Waals surface area (Å²) in [5.74, 6) is 1.89. The van der Waals surface area contributed by atoms with E-state index in [2.05, 4.69) is 24.5 Å². The molecule has 2 rings (SSSR count). The van der Waals surface area contributed by atoms with Crippen molar-refractivity contribution >= 4 is 11.7 Å². The van der Waals surface area contributed by atoms with Crippen molar-refractivity contribution in [3.63, 3.8) is 0 Å². The molecule has 0 saturated carbocycles. The first kappa shape index (κ1) is 21.6. The van der Waals surface area contributed by atoms with Crippen LogP contribution < -0.4 is 20.1 Å². The number of ether oxygens (including phenoxy) is 2. The smallest absolute Gasteiger partial charge is 0.319 e. The lowest BCUT2D eigenvalue weighted by Gasteiger charge is -2.14. The summed E-state index contributed by atoms with van der Waals surface area (Å²) in [5.41, 5.74) is 2.36. The topological polar surface area (TPSA) is 79.8 Å². The molecule has 0 spiro atoms. The maximum Gasteiger partial charge on any atom is 0.319 e. The van der Waals surface area contributed by atoms with E-state index in [9.17, 15) is 9.90 Å². The molecular weight excluding hydrogens is 356 g/mol. The van der Waals surface area contributed by atoms with Crippen molar-refractivity contribution in [3.05, 3.63) is 53.6 Å². The standard InChI is InChI=1S/C22H30N2O4/c1-16(2)6-5-11-28-21-13-19(9-10-20(21)27-3)24-22(26)23-14-17-7-4-8-18(12-17)15-25/h4,7-10,12-13,16,25H,5-6,11,14-15H2,1-3H3,(H2,23,24,26). The summed E-state index contributed by atoms with van der Waals surface area (Å²) in [4.78, 5) is 12.2. The lowest BCUT2D eigenvalue weighted by Crippen LogP contribution is -2.28. The Bertz CT molecular complexity index is 762. The van der Waals surface area contributed by atoms with Crippen LogP contribution in [-0.2, 0) is 13.2 Å². The summed E-state index contributed by atoms with van der Waals surface area (Å²) in [7, 11) is 1.59. The summed E-state index contributed by atoms with van der Waals surface area (Å²) in [6.07, 6.45) is 2.06. The van der Waals surface area contributed by atoms with E-state index in [1.165, 1.54) is 0 Å². The fourth-order valence-corrected chi connectivity index (χ4v) is 2.74. The van der Waals surface area contributed by atoms with E-state index in [0.29, 0.717) is 36.3 Å². The Morgan fingerprint density at radius 2 is 1.89 bits per heavy atom. The maximum atomic E-state index is 12.2. The summed E-state index contributed by atoms with van der Waals surface area (Å²) in [5, 5.41) is 14.8. The number of amides is 2. The van der Waals surface area contributed by atoms with Crippen LogP contribution in [0, 0.1) is 5.92 Å². The number of urea groups is 1. The highest BCUT2D eigenvalue weighted by Crippen LogP contribution is 2.30. The average molecular weight is 386 g/mol. The van der Waals surface area contributed by atoms with Gasteiger partial charge in [-0.25, -0.2) is 4.79 Å². The zero-order chi connectivity index (χ0) is 20.4. The molecule has 0 aliphatic carbocycles. The van der Waals surface area contributed by atoms with Crippen LogP contribution in [0.15, 0.2) is 42.5 Å². The molecule has 2 amide bonds. The Morgan fingerprint density at radius 1 is 1.11 bits per heavy atom. The fraction of sp³-hybridized carbons (Fsp3) is 0.409. The molecule has 0 radical (unpaired) electrons. The third-order valence-corrected chi connectivity index (χ3v) is 4.23. The predicted octanol–water partition coefficient (Wildman–Crippen LogP) is 4.32.